The summed E-state index contributed by atoms with van der Waals surface area (Å²) in [6, 6.07) is 0. The van der Waals surface area contributed by atoms with E-state index in [2.05, 4.69) is 54.5 Å². The van der Waals surface area contributed by atoms with Crippen molar-refractivity contribution >= 4 is 5.97 Å². The lowest BCUT2D eigenvalue weighted by Gasteiger charge is -2.63. The maximum absolute atomic E-state index is 11.8. The number of carbonyl (C=O) groups is 1. The Labute approximate surface area is 210 Å². The Morgan fingerprint density at radius 3 is 2.24 bits per heavy atom. The molecule has 0 aliphatic heterocycles. The van der Waals surface area contributed by atoms with E-state index in [0.29, 0.717) is 21.7 Å². The van der Waals surface area contributed by atoms with Crippen LogP contribution in [0.5, 0.6) is 0 Å². The van der Waals surface area contributed by atoms with Gasteiger partial charge in [-0.1, -0.05) is 46.3 Å². The van der Waals surface area contributed by atoms with E-state index in [1.165, 1.54) is 69.8 Å². The summed E-state index contributed by atoms with van der Waals surface area (Å²) in [5.41, 5.74) is 3.71. The lowest BCUT2D eigenvalue weighted by atomic mass is 9.41. The molecule has 0 N–H and O–H groups in total. The lowest BCUT2D eigenvalue weighted by Crippen LogP contribution is -2.58. The lowest BCUT2D eigenvalue weighted by molar-refractivity contribution is -0.181. The molecular weight excluding hydrogens is 416 g/mol. The molecule has 0 heterocycles. The van der Waals surface area contributed by atoms with Gasteiger partial charge in [-0.25, -0.2) is 0 Å². The number of fused-ring (bicyclic) bond motifs is 2. The van der Waals surface area contributed by atoms with E-state index in [-0.39, 0.29) is 17.5 Å². The summed E-state index contributed by atoms with van der Waals surface area (Å²) in [6.07, 6.45) is 17.6. The van der Waals surface area contributed by atoms with Gasteiger partial charge in [0.1, 0.15) is 6.10 Å². The summed E-state index contributed by atoms with van der Waals surface area (Å²) in [5, 5.41) is 0. The average molecular weight is 469 g/mol. The van der Waals surface area contributed by atoms with Gasteiger partial charge in [-0.3, -0.25) is 4.79 Å². The van der Waals surface area contributed by atoms with Crippen LogP contribution in [-0.4, -0.2) is 12.1 Å². The Morgan fingerprint density at radius 2 is 1.56 bits per heavy atom. The van der Waals surface area contributed by atoms with Gasteiger partial charge in [-0.15, -0.1) is 0 Å². The van der Waals surface area contributed by atoms with Crippen LogP contribution < -0.4 is 0 Å². The molecule has 34 heavy (non-hydrogen) atoms. The van der Waals surface area contributed by atoms with Crippen molar-refractivity contribution in [2.45, 2.75) is 132 Å². The van der Waals surface area contributed by atoms with Gasteiger partial charge in [-0.2, -0.15) is 0 Å². The van der Waals surface area contributed by atoms with Crippen LogP contribution in [0.3, 0.4) is 0 Å². The Hall–Kier alpha value is -0.790. The van der Waals surface area contributed by atoms with Crippen molar-refractivity contribution in [2.24, 2.45) is 50.7 Å². The summed E-state index contributed by atoms with van der Waals surface area (Å²) in [6.45, 7) is 18.9. The standard InChI is InChI=1S/C32H52O2/c1-21(2)10-9-11-22(3)24-14-16-30(8)26-13-12-25-28(5,6)27(34-23(4)33)15-17-31(25)20-32(26,31)19-18-29(24,30)7/h10,22,24-27H,9,11-20H2,1-8H3/t22?,24-,25+,26+,27+,29-,30+,31-,32?/m1/s1. The molecule has 0 bridgehead atoms. The number of allylic oxidation sites excluding steroid dienone is 2. The van der Waals surface area contributed by atoms with Crippen LogP contribution in [0.1, 0.15) is 126 Å². The van der Waals surface area contributed by atoms with Crippen molar-refractivity contribution in [2.75, 3.05) is 0 Å². The molecule has 2 heteroatoms. The van der Waals surface area contributed by atoms with E-state index < -0.39 is 0 Å². The maximum atomic E-state index is 11.8. The minimum Gasteiger partial charge on any atom is -0.462 e. The zero-order valence-electron chi connectivity index (χ0n) is 23.6. The first kappa shape index (κ1) is 24.9. The van der Waals surface area contributed by atoms with Gasteiger partial charge in [0.2, 0.25) is 0 Å². The van der Waals surface area contributed by atoms with Crippen molar-refractivity contribution in [1.29, 1.82) is 0 Å². The fourth-order valence-electron chi connectivity index (χ4n) is 11.5. The Kier molecular flexibility index (Phi) is 5.75. The predicted molar refractivity (Wildman–Crippen MR) is 140 cm³/mol. The normalized spacial score (nSPS) is 49.1. The number of ether oxygens (including phenoxy) is 1. The summed E-state index contributed by atoms with van der Waals surface area (Å²) >= 11 is 0. The van der Waals surface area contributed by atoms with E-state index in [1.807, 2.05) is 0 Å². The second-order valence-electron chi connectivity index (χ2n) is 14.9. The Morgan fingerprint density at radius 1 is 0.882 bits per heavy atom. The summed E-state index contributed by atoms with van der Waals surface area (Å²) in [7, 11) is 0. The summed E-state index contributed by atoms with van der Waals surface area (Å²) in [4.78, 5) is 11.8. The largest absolute Gasteiger partial charge is 0.462 e. The van der Waals surface area contributed by atoms with Gasteiger partial charge < -0.3 is 4.74 Å². The monoisotopic (exact) mass is 468 g/mol. The first-order chi connectivity index (χ1) is 15.8. The highest BCUT2D eigenvalue weighted by Crippen LogP contribution is 2.89. The predicted octanol–water partition coefficient (Wildman–Crippen LogP) is 8.74. The van der Waals surface area contributed by atoms with Gasteiger partial charge >= 0.3 is 5.97 Å². The molecular formula is C32H52O2. The zero-order valence-corrected chi connectivity index (χ0v) is 23.6. The molecule has 0 amide bonds. The fraction of sp³-hybridized carbons (Fsp3) is 0.906. The Bertz CT molecular complexity index is 866. The number of esters is 1. The fourth-order valence-corrected chi connectivity index (χ4v) is 11.5. The number of carbonyl (C=O) groups excluding carboxylic acids is 1. The maximum Gasteiger partial charge on any atom is 0.302 e. The topological polar surface area (TPSA) is 26.3 Å². The van der Waals surface area contributed by atoms with Gasteiger partial charge in [0, 0.05) is 12.3 Å². The van der Waals surface area contributed by atoms with Crippen LogP contribution >= 0.6 is 0 Å². The van der Waals surface area contributed by atoms with Crippen LogP contribution in [0, 0.1) is 50.7 Å². The molecule has 2 nitrogen and oxygen atoms in total. The minimum atomic E-state index is -0.0927. The second-order valence-corrected chi connectivity index (χ2v) is 14.9. The van der Waals surface area contributed by atoms with Gasteiger partial charge in [0.05, 0.1) is 0 Å². The first-order valence-corrected chi connectivity index (χ1v) is 14.6. The molecule has 5 fully saturated rings. The van der Waals surface area contributed by atoms with Gasteiger partial charge in [0.25, 0.3) is 0 Å². The van der Waals surface area contributed by atoms with E-state index >= 15 is 0 Å². The van der Waals surface area contributed by atoms with Crippen molar-refractivity contribution in [1.82, 2.24) is 0 Å². The minimum absolute atomic E-state index is 0.0927. The van der Waals surface area contributed by atoms with E-state index in [9.17, 15) is 4.79 Å². The van der Waals surface area contributed by atoms with Crippen LogP contribution in [0.4, 0.5) is 0 Å². The third-order valence-electron chi connectivity index (χ3n) is 13.3. The van der Waals surface area contributed by atoms with Crippen LogP contribution in [0.2, 0.25) is 0 Å². The number of hydrogen-bond donors (Lipinski definition) is 0. The number of rotatable bonds is 5. The summed E-state index contributed by atoms with van der Waals surface area (Å²) in [5.74, 6) is 3.27. The highest BCUT2D eigenvalue weighted by Gasteiger charge is 2.82. The molecule has 0 aromatic heterocycles. The first-order valence-electron chi connectivity index (χ1n) is 14.6. The van der Waals surface area contributed by atoms with Crippen LogP contribution in [-0.2, 0) is 9.53 Å². The summed E-state index contributed by atoms with van der Waals surface area (Å²) < 4.78 is 5.90. The third kappa shape index (κ3) is 3.14. The van der Waals surface area contributed by atoms with E-state index in [4.69, 9.17) is 4.74 Å². The molecule has 5 aliphatic rings. The quantitative estimate of drug-likeness (QED) is 0.298. The van der Waals surface area contributed by atoms with E-state index in [1.54, 1.807) is 6.92 Å². The molecule has 192 valence electrons. The van der Waals surface area contributed by atoms with Crippen molar-refractivity contribution in [3.8, 4) is 0 Å². The molecule has 0 radical (unpaired) electrons. The Balaban J connectivity index is 1.39. The molecule has 0 aromatic rings. The van der Waals surface area contributed by atoms with Crippen molar-refractivity contribution in [3.63, 3.8) is 0 Å². The third-order valence-corrected chi connectivity index (χ3v) is 13.3. The van der Waals surface area contributed by atoms with E-state index in [0.717, 1.165) is 30.1 Å². The van der Waals surface area contributed by atoms with Gasteiger partial charge in [-0.05, 0) is 130 Å². The second kappa shape index (κ2) is 7.85. The molecule has 2 unspecified atom stereocenters. The molecule has 5 saturated carbocycles. The molecule has 0 saturated heterocycles. The average Bonchev–Trinajstić information content (AvgIpc) is 3.32. The zero-order chi connectivity index (χ0) is 24.7. The number of hydrogen-bond acceptors (Lipinski definition) is 2. The highest BCUT2D eigenvalue weighted by molar-refractivity contribution is 5.66. The van der Waals surface area contributed by atoms with Crippen molar-refractivity contribution < 1.29 is 9.53 Å². The smallest absolute Gasteiger partial charge is 0.302 e. The van der Waals surface area contributed by atoms with Gasteiger partial charge in [0.15, 0.2) is 0 Å². The molecule has 0 aromatic carbocycles. The van der Waals surface area contributed by atoms with Crippen molar-refractivity contribution in [3.05, 3.63) is 11.6 Å². The molecule has 2 spiro atoms. The SMILES string of the molecule is CC(=O)O[C@H]1CC[C@]23CC24CC[C@]2(C)[C@@H](C(C)CCC=C(C)C)CC[C@@]2(C)[C@@H]4CC[C@H]3C1(C)C. The van der Waals surface area contributed by atoms with Crippen LogP contribution in [0.15, 0.2) is 11.6 Å². The molecule has 5 aliphatic carbocycles. The molecule has 9 atom stereocenters. The molecule has 5 rings (SSSR count). The highest BCUT2D eigenvalue weighted by atomic mass is 16.5. The van der Waals surface area contributed by atoms with Crippen LogP contribution in [0.25, 0.3) is 0 Å².